The highest BCUT2D eigenvalue weighted by Crippen LogP contribution is 2.14. The highest BCUT2D eigenvalue weighted by Gasteiger charge is 2.12. The lowest BCUT2D eigenvalue weighted by Crippen LogP contribution is -2.34. The number of nitrogens with one attached hydrogen (secondary N) is 1. The predicted octanol–water partition coefficient (Wildman–Crippen LogP) is 2.70. The maximum absolute atomic E-state index is 12.1. The zero-order chi connectivity index (χ0) is 19.8. The zero-order valence-electron chi connectivity index (χ0n) is 14.1. The molecule has 0 saturated carbocycles. The molecule has 0 unspecified atom stereocenters. The van der Waals surface area contributed by atoms with E-state index in [1.54, 1.807) is 19.1 Å². The van der Waals surface area contributed by atoms with Crippen LogP contribution in [-0.2, 0) is 14.3 Å². The van der Waals surface area contributed by atoms with Gasteiger partial charge in [-0.2, -0.15) is 8.78 Å². The molecule has 2 aromatic rings. The van der Waals surface area contributed by atoms with Crippen molar-refractivity contribution in [3.8, 4) is 5.75 Å². The number of carbonyl (C=O) groups excluding carboxylic acids is 3. The van der Waals surface area contributed by atoms with Gasteiger partial charge in [-0.1, -0.05) is 0 Å². The second-order valence-electron chi connectivity index (χ2n) is 5.17. The van der Waals surface area contributed by atoms with Crippen molar-refractivity contribution in [1.29, 1.82) is 0 Å². The lowest BCUT2D eigenvalue weighted by atomic mass is 10.2. The second-order valence-corrected chi connectivity index (χ2v) is 5.17. The van der Waals surface area contributed by atoms with Gasteiger partial charge in [0.25, 0.3) is 11.8 Å². The average molecular weight is 379 g/mol. The Balaban J connectivity index is 1.78. The fraction of sp³-hybridized carbons (Fsp3) is 0.167. The van der Waals surface area contributed by atoms with Gasteiger partial charge < -0.3 is 13.9 Å². The van der Waals surface area contributed by atoms with Crippen molar-refractivity contribution in [2.24, 2.45) is 0 Å². The van der Waals surface area contributed by atoms with E-state index in [4.69, 9.17) is 9.15 Å². The first kappa shape index (κ1) is 19.8. The summed E-state index contributed by atoms with van der Waals surface area (Å²) < 4.78 is 38.2. The summed E-state index contributed by atoms with van der Waals surface area (Å²) in [6.45, 7) is -1.90. The van der Waals surface area contributed by atoms with Crippen molar-refractivity contribution >= 4 is 23.9 Å². The van der Waals surface area contributed by atoms with E-state index in [0.717, 1.165) is 18.2 Å². The monoisotopic (exact) mass is 379 g/mol. The molecule has 7 nitrogen and oxygen atoms in total. The number of carbonyl (C=O) groups is 3. The normalized spacial score (nSPS) is 10.8. The Labute approximate surface area is 152 Å². The molecule has 1 heterocycles. The van der Waals surface area contributed by atoms with Gasteiger partial charge in [0.2, 0.25) is 0 Å². The van der Waals surface area contributed by atoms with Crippen molar-refractivity contribution in [1.82, 2.24) is 5.32 Å². The van der Waals surface area contributed by atoms with Crippen molar-refractivity contribution in [2.45, 2.75) is 13.5 Å². The van der Waals surface area contributed by atoms with Gasteiger partial charge in [-0.15, -0.1) is 0 Å². The first-order valence-electron chi connectivity index (χ1n) is 7.64. The van der Waals surface area contributed by atoms with Crippen LogP contribution in [0.4, 0.5) is 8.78 Å². The fourth-order valence-corrected chi connectivity index (χ4v) is 1.90. The molecule has 0 atom stereocenters. The number of aryl methyl sites for hydroxylation is 1. The number of esters is 1. The Bertz CT molecular complexity index is 842. The topological polar surface area (TPSA) is 94.8 Å². The number of ether oxygens (including phenoxy) is 2. The Morgan fingerprint density at radius 3 is 2.44 bits per heavy atom. The van der Waals surface area contributed by atoms with E-state index < -0.39 is 31.0 Å². The molecular formula is C18H15F2NO6. The van der Waals surface area contributed by atoms with Gasteiger partial charge in [0.05, 0.1) is 0 Å². The summed E-state index contributed by atoms with van der Waals surface area (Å²) >= 11 is 0. The van der Waals surface area contributed by atoms with Gasteiger partial charge >= 0.3 is 12.6 Å². The summed E-state index contributed by atoms with van der Waals surface area (Å²) in [6, 6.07) is 8.11. The summed E-state index contributed by atoms with van der Waals surface area (Å²) in [4.78, 5) is 35.0. The largest absolute Gasteiger partial charge is 0.462 e. The van der Waals surface area contributed by atoms with Crippen molar-refractivity contribution < 1.29 is 37.1 Å². The molecule has 0 aliphatic heterocycles. The fourth-order valence-electron chi connectivity index (χ4n) is 1.90. The molecule has 0 aliphatic rings. The number of imide groups is 1. The van der Waals surface area contributed by atoms with Crippen LogP contribution in [0.15, 0.2) is 46.9 Å². The van der Waals surface area contributed by atoms with Crippen LogP contribution in [0.5, 0.6) is 5.75 Å². The number of halogens is 2. The molecule has 0 aliphatic carbocycles. The number of benzene rings is 1. The minimum atomic E-state index is -2.98. The first-order valence-corrected chi connectivity index (χ1v) is 7.64. The van der Waals surface area contributed by atoms with Crippen molar-refractivity contribution in [2.75, 3.05) is 6.61 Å². The first-order chi connectivity index (χ1) is 12.8. The molecule has 2 rings (SSSR count). The maximum Gasteiger partial charge on any atom is 0.387 e. The van der Waals surface area contributed by atoms with Crippen LogP contribution >= 0.6 is 0 Å². The molecule has 27 heavy (non-hydrogen) atoms. The van der Waals surface area contributed by atoms with E-state index in [0.29, 0.717) is 11.5 Å². The van der Waals surface area contributed by atoms with Crippen LogP contribution in [0.2, 0.25) is 0 Å². The number of furan rings is 1. The number of alkyl halides is 2. The third-order valence-electron chi connectivity index (χ3n) is 3.08. The van der Waals surface area contributed by atoms with Crippen LogP contribution in [0.25, 0.3) is 6.08 Å². The molecular weight excluding hydrogens is 364 g/mol. The van der Waals surface area contributed by atoms with Gasteiger partial charge in [0.1, 0.15) is 17.3 Å². The Kier molecular flexibility index (Phi) is 6.81. The van der Waals surface area contributed by atoms with Gasteiger partial charge in [0.15, 0.2) is 6.61 Å². The molecule has 0 spiro atoms. The number of amides is 2. The third kappa shape index (κ3) is 6.73. The Morgan fingerprint density at radius 2 is 1.85 bits per heavy atom. The number of rotatable bonds is 7. The molecule has 1 N–H and O–H groups in total. The van der Waals surface area contributed by atoms with Crippen molar-refractivity contribution in [3.63, 3.8) is 0 Å². The lowest BCUT2D eigenvalue weighted by Gasteiger charge is -2.06. The maximum atomic E-state index is 12.1. The summed E-state index contributed by atoms with van der Waals surface area (Å²) in [5, 5.41) is 2.00. The van der Waals surface area contributed by atoms with Crippen LogP contribution in [0.3, 0.4) is 0 Å². The molecule has 0 radical (unpaired) electrons. The smallest absolute Gasteiger partial charge is 0.387 e. The quantitative estimate of drug-likeness (QED) is 0.587. The lowest BCUT2D eigenvalue weighted by molar-refractivity contribution is -0.143. The number of hydrogen-bond acceptors (Lipinski definition) is 6. The standard InChI is InChI=1S/C18H15F2NO6/c1-11-2-5-13(26-11)8-9-16(23)25-10-15(22)21-17(24)12-3-6-14(7-4-12)27-18(19)20/h2-9,18H,10H2,1H3,(H,21,22,24)/b9-8+. The van der Waals surface area contributed by atoms with Crippen molar-refractivity contribution in [3.05, 3.63) is 59.6 Å². The molecule has 1 aromatic heterocycles. The minimum Gasteiger partial charge on any atom is -0.462 e. The minimum absolute atomic E-state index is 0.0457. The summed E-state index contributed by atoms with van der Waals surface area (Å²) in [5.74, 6) is -1.41. The van der Waals surface area contributed by atoms with Gasteiger partial charge in [-0.3, -0.25) is 14.9 Å². The van der Waals surface area contributed by atoms with Gasteiger partial charge in [-0.25, -0.2) is 4.79 Å². The average Bonchev–Trinajstić information content (AvgIpc) is 3.03. The molecule has 1 aromatic carbocycles. The predicted molar refractivity (Wildman–Crippen MR) is 89.0 cm³/mol. The molecule has 0 bridgehead atoms. The second kappa shape index (κ2) is 9.27. The zero-order valence-corrected chi connectivity index (χ0v) is 14.1. The van der Waals surface area contributed by atoms with Crippen LogP contribution in [0.1, 0.15) is 21.9 Å². The molecule has 9 heteroatoms. The van der Waals surface area contributed by atoms with E-state index in [2.05, 4.69) is 4.74 Å². The Hall–Kier alpha value is -3.49. The summed E-state index contributed by atoms with van der Waals surface area (Å²) in [6.07, 6.45) is 2.45. The Morgan fingerprint density at radius 1 is 1.15 bits per heavy atom. The summed E-state index contributed by atoms with van der Waals surface area (Å²) in [5.41, 5.74) is 0.0457. The third-order valence-corrected chi connectivity index (χ3v) is 3.08. The van der Waals surface area contributed by atoms with E-state index in [1.165, 1.54) is 18.2 Å². The van der Waals surface area contributed by atoms with Crippen LogP contribution in [0, 0.1) is 6.92 Å². The molecule has 0 saturated heterocycles. The van der Waals surface area contributed by atoms with Gasteiger partial charge in [-0.05, 0) is 49.4 Å². The van der Waals surface area contributed by atoms with E-state index >= 15 is 0 Å². The number of hydrogen-bond donors (Lipinski definition) is 1. The molecule has 142 valence electrons. The molecule has 0 fully saturated rings. The highest BCUT2D eigenvalue weighted by atomic mass is 19.3. The highest BCUT2D eigenvalue weighted by molar-refractivity contribution is 6.05. The summed E-state index contributed by atoms with van der Waals surface area (Å²) in [7, 11) is 0. The van der Waals surface area contributed by atoms with Crippen LogP contribution in [-0.4, -0.2) is 31.0 Å². The van der Waals surface area contributed by atoms with E-state index in [9.17, 15) is 23.2 Å². The SMILES string of the molecule is Cc1ccc(/C=C/C(=O)OCC(=O)NC(=O)c2ccc(OC(F)F)cc2)o1. The molecule has 2 amide bonds. The van der Waals surface area contributed by atoms with Crippen LogP contribution < -0.4 is 10.1 Å². The van der Waals surface area contributed by atoms with E-state index in [-0.39, 0.29) is 11.3 Å². The van der Waals surface area contributed by atoms with E-state index in [1.807, 2.05) is 5.32 Å². The van der Waals surface area contributed by atoms with Gasteiger partial charge in [0, 0.05) is 11.6 Å².